The second-order valence-corrected chi connectivity index (χ2v) is 3.26. The van der Waals surface area contributed by atoms with Crippen LogP contribution in [-0.4, -0.2) is 43.4 Å². The Labute approximate surface area is 89.4 Å². The van der Waals surface area contributed by atoms with Gasteiger partial charge >= 0.3 is 6.05 Å². The summed E-state index contributed by atoms with van der Waals surface area (Å²) in [6.45, 7) is -0.116. The Morgan fingerprint density at radius 1 is 1.40 bits per heavy atom. The van der Waals surface area contributed by atoms with E-state index in [0.717, 1.165) is 0 Å². The SMILES string of the molecule is FC(=CCl)C(F)C(F)(F)N1CCOCC1. The van der Waals surface area contributed by atoms with Gasteiger partial charge in [-0.2, -0.15) is 8.78 Å². The molecule has 0 aromatic carbocycles. The summed E-state index contributed by atoms with van der Waals surface area (Å²) in [6.07, 6.45) is -3.03. The average Bonchev–Trinajstić information content (AvgIpc) is 2.28. The van der Waals surface area contributed by atoms with Crippen molar-refractivity contribution < 1.29 is 22.3 Å². The maximum absolute atomic E-state index is 13.3. The van der Waals surface area contributed by atoms with Crippen LogP contribution in [0.2, 0.25) is 0 Å². The van der Waals surface area contributed by atoms with Crippen molar-refractivity contribution in [2.75, 3.05) is 26.3 Å². The van der Waals surface area contributed by atoms with Gasteiger partial charge in [0.25, 0.3) is 0 Å². The Balaban J connectivity index is 2.71. The lowest BCUT2D eigenvalue weighted by Crippen LogP contribution is -2.53. The van der Waals surface area contributed by atoms with Crippen molar-refractivity contribution in [3.8, 4) is 0 Å². The minimum atomic E-state index is -3.89. The third-order valence-electron chi connectivity index (χ3n) is 2.08. The molecule has 0 N–H and O–H groups in total. The fourth-order valence-corrected chi connectivity index (χ4v) is 1.35. The molecule has 1 unspecified atom stereocenters. The first-order valence-electron chi connectivity index (χ1n) is 4.30. The van der Waals surface area contributed by atoms with E-state index in [1.54, 1.807) is 0 Å². The van der Waals surface area contributed by atoms with Gasteiger partial charge in [-0.05, 0) is 0 Å². The molecular formula is C8H10ClF4NO. The van der Waals surface area contributed by atoms with Crippen LogP contribution in [0.3, 0.4) is 0 Å². The zero-order valence-electron chi connectivity index (χ0n) is 7.73. The van der Waals surface area contributed by atoms with Crippen LogP contribution in [0.25, 0.3) is 0 Å². The van der Waals surface area contributed by atoms with Gasteiger partial charge in [-0.15, -0.1) is 0 Å². The van der Waals surface area contributed by atoms with Crippen molar-refractivity contribution in [1.82, 2.24) is 4.90 Å². The normalized spacial score (nSPS) is 22.9. The zero-order chi connectivity index (χ0) is 11.5. The molecule has 1 aliphatic rings. The molecule has 7 heteroatoms. The van der Waals surface area contributed by atoms with Crippen molar-refractivity contribution in [3.63, 3.8) is 0 Å². The van der Waals surface area contributed by atoms with Crippen LogP contribution in [0.1, 0.15) is 0 Å². The van der Waals surface area contributed by atoms with Crippen LogP contribution in [0.4, 0.5) is 17.6 Å². The predicted octanol–water partition coefficient (Wildman–Crippen LogP) is 2.30. The molecule has 1 aliphatic heterocycles. The van der Waals surface area contributed by atoms with Crippen molar-refractivity contribution in [2.45, 2.75) is 12.2 Å². The highest BCUT2D eigenvalue weighted by molar-refractivity contribution is 6.25. The first-order chi connectivity index (χ1) is 7.00. The van der Waals surface area contributed by atoms with Crippen molar-refractivity contribution in [3.05, 3.63) is 11.4 Å². The molecule has 1 fully saturated rings. The first-order valence-corrected chi connectivity index (χ1v) is 4.74. The van der Waals surface area contributed by atoms with Crippen LogP contribution < -0.4 is 0 Å². The Morgan fingerprint density at radius 2 is 1.93 bits per heavy atom. The maximum atomic E-state index is 13.3. The molecular weight excluding hydrogens is 238 g/mol. The van der Waals surface area contributed by atoms with Crippen molar-refractivity contribution in [2.24, 2.45) is 0 Å². The van der Waals surface area contributed by atoms with E-state index in [4.69, 9.17) is 16.3 Å². The molecule has 1 rings (SSSR count). The minimum absolute atomic E-state index is 0.0779. The van der Waals surface area contributed by atoms with Crippen LogP contribution in [0.15, 0.2) is 11.4 Å². The first kappa shape index (κ1) is 12.7. The van der Waals surface area contributed by atoms with E-state index in [9.17, 15) is 17.6 Å². The van der Waals surface area contributed by atoms with Crippen LogP contribution in [0.5, 0.6) is 0 Å². The summed E-state index contributed by atoms with van der Waals surface area (Å²) < 4.78 is 57.0. The fourth-order valence-electron chi connectivity index (χ4n) is 1.24. The lowest BCUT2D eigenvalue weighted by Gasteiger charge is -2.34. The third kappa shape index (κ3) is 2.83. The molecule has 0 aromatic heterocycles. The molecule has 0 radical (unpaired) electrons. The molecule has 1 heterocycles. The van der Waals surface area contributed by atoms with Gasteiger partial charge in [0.1, 0.15) is 0 Å². The van der Waals surface area contributed by atoms with Gasteiger partial charge in [-0.1, -0.05) is 11.6 Å². The second-order valence-electron chi connectivity index (χ2n) is 3.04. The van der Waals surface area contributed by atoms with Crippen LogP contribution in [-0.2, 0) is 4.74 Å². The Bertz CT molecular complexity index is 243. The molecule has 2 nitrogen and oxygen atoms in total. The Hall–Kier alpha value is -0.330. The summed E-state index contributed by atoms with van der Waals surface area (Å²) in [6, 6.07) is -3.89. The lowest BCUT2D eigenvalue weighted by atomic mass is 10.2. The van der Waals surface area contributed by atoms with E-state index < -0.39 is 18.0 Å². The highest BCUT2D eigenvalue weighted by Gasteiger charge is 2.48. The van der Waals surface area contributed by atoms with E-state index >= 15 is 0 Å². The molecule has 1 saturated heterocycles. The van der Waals surface area contributed by atoms with Gasteiger partial charge in [-0.3, -0.25) is 0 Å². The fraction of sp³-hybridized carbons (Fsp3) is 0.750. The van der Waals surface area contributed by atoms with E-state index in [1.807, 2.05) is 0 Å². The van der Waals surface area contributed by atoms with Crippen LogP contribution in [0, 0.1) is 0 Å². The zero-order valence-corrected chi connectivity index (χ0v) is 8.48. The molecule has 0 aromatic rings. The highest BCUT2D eigenvalue weighted by atomic mass is 35.5. The van der Waals surface area contributed by atoms with Crippen molar-refractivity contribution >= 4 is 11.6 Å². The minimum Gasteiger partial charge on any atom is -0.379 e. The Kier molecular flexibility index (Phi) is 4.36. The summed E-state index contributed by atoms with van der Waals surface area (Å²) >= 11 is 4.84. The number of hydrogen-bond donors (Lipinski definition) is 0. The number of rotatable bonds is 3. The Morgan fingerprint density at radius 3 is 2.40 bits per heavy atom. The van der Waals surface area contributed by atoms with Crippen LogP contribution >= 0.6 is 11.6 Å². The smallest absolute Gasteiger partial charge is 0.342 e. The summed E-state index contributed by atoms with van der Waals surface area (Å²) in [5.74, 6) is -1.67. The number of ether oxygens (including phenoxy) is 1. The van der Waals surface area contributed by atoms with E-state index in [1.165, 1.54) is 0 Å². The van der Waals surface area contributed by atoms with Gasteiger partial charge in [0, 0.05) is 18.6 Å². The van der Waals surface area contributed by atoms with E-state index in [0.29, 0.717) is 4.90 Å². The van der Waals surface area contributed by atoms with E-state index in [2.05, 4.69) is 0 Å². The number of alkyl halides is 3. The third-order valence-corrected chi connectivity index (χ3v) is 2.29. The molecule has 0 spiro atoms. The number of nitrogens with zero attached hydrogens (tertiary/aromatic N) is 1. The largest absolute Gasteiger partial charge is 0.379 e. The molecule has 0 saturated carbocycles. The van der Waals surface area contributed by atoms with Gasteiger partial charge in [0.15, 0.2) is 5.83 Å². The van der Waals surface area contributed by atoms with Crippen molar-refractivity contribution in [1.29, 1.82) is 0 Å². The molecule has 0 bridgehead atoms. The molecule has 15 heavy (non-hydrogen) atoms. The maximum Gasteiger partial charge on any atom is 0.342 e. The van der Waals surface area contributed by atoms with Gasteiger partial charge < -0.3 is 4.74 Å². The summed E-state index contributed by atoms with van der Waals surface area (Å²) in [4.78, 5) is 0.543. The monoisotopic (exact) mass is 247 g/mol. The summed E-state index contributed by atoms with van der Waals surface area (Å²) in [5.41, 5.74) is 0.180. The topological polar surface area (TPSA) is 12.5 Å². The lowest BCUT2D eigenvalue weighted by molar-refractivity contribution is -0.204. The molecule has 1 atom stereocenters. The van der Waals surface area contributed by atoms with Gasteiger partial charge in [0.05, 0.1) is 13.2 Å². The molecule has 0 aliphatic carbocycles. The summed E-state index contributed by atoms with van der Waals surface area (Å²) in [7, 11) is 0. The number of morpholine rings is 1. The summed E-state index contributed by atoms with van der Waals surface area (Å²) in [5, 5.41) is 0. The predicted molar refractivity (Wildman–Crippen MR) is 47.3 cm³/mol. The number of hydrogen-bond acceptors (Lipinski definition) is 2. The molecule has 88 valence electrons. The van der Waals surface area contributed by atoms with Gasteiger partial charge in [-0.25, -0.2) is 13.7 Å². The highest BCUT2D eigenvalue weighted by Crippen LogP contribution is 2.32. The molecule has 0 amide bonds. The van der Waals surface area contributed by atoms with E-state index in [-0.39, 0.29) is 31.8 Å². The quantitative estimate of drug-likeness (QED) is 0.561. The number of halogens is 5. The van der Waals surface area contributed by atoms with Gasteiger partial charge in [0.2, 0.25) is 6.17 Å². The second kappa shape index (κ2) is 5.14. The average molecular weight is 248 g/mol. The standard InChI is InChI=1S/C8H10ClF4NO/c9-5-6(10)7(11)8(12,13)14-1-3-15-4-2-14/h5,7H,1-4H2.